The van der Waals surface area contributed by atoms with E-state index < -0.39 is 0 Å². The number of likely N-dealkylation sites (N-methyl/N-ethyl adjacent to an activating group) is 1. The zero-order valence-electron chi connectivity index (χ0n) is 16.6. The van der Waals surface area contributed by atoms with Crippen LogP contribution in [0.25, 0.3) is 0 Å². The van der Waals surface area contributed by atoms with E-state index in [1.54, 1.807) is 43.4 Å². The molecule has 152 valence electrons. The van der Waals surface area contributed by atoms with Gasteiger partial charge in [0.05, 0.1) is 30.6 Å². The number of carbonyl (C=O) groups is 2. The molecule has 0 aliphatic heterocycles. The number of aromatic nitrogens is 1. The van der Waals surface area contributed by atoms with Crippen molar-refractivity contribution in [1.82, 2.24) is 15.4 Å². The Morgan fingerprint density at radius 3 is 2.72 bits per heavy atom. The fraction of sp³-hybridized carbons (Fsp3) is 0.286. The monoisotopic (exact) mass is 397 g/mol. The van der Waals surface area contributed by atoms with Crippen LogP contribution in [-0.2, 0) is 17.9 Å². The van der Waals surface area contributed by atoms with E-state index in [-0.39, 0.29) is 24.9 Å². The zero-order chi connectivity index (χ0) is 20.8. The first-order chi connectivity index (χ1) is 13.9. The molecule has 1 aromatic carbocycles. The van der Waals surface area contributed by atoms with E-state index in [0.717, 1.165) is 11.3 Å². The molecule has 0 fully saturated rings. The Kier molecular flexibility index (Phi) is 6.33. The van der Waals surface area contributed by atoms with Gasteiger partial charge in [-0.05, 0) is 44.2 Å². The van der Waals surface area contributed by atoms with Crippen LogP contribution in [0.3, 0.4) is 0 Å². The van der Waals surface area contributed by atoms with E-state index in [1.807, 2.05) is 13.8 Å². The molecular formula is C21H23N3O5. The zero-order valence-corrected chi connectivity index (χ0v) is 16.6. The van der Waals surface area contributed by atoms with Gasteiger partial charge in [0, 0.05) is 12.6 Å². The fourth-order valence-electron chi connectivity index (χ4n) is 2.74. The Morgan fingerprint density at radius 2 is 2.03 bits per heavy atom. The van der Waals surface area contributed by atoms with E-state index in [2.05, 4.69) is 10.5 Å². The van der Waals surface area contributed by atoms with E-state index in [1.165, 1.54) is 11.2 Å². The molecule has 29 heavy (non-hydrogen) atoms. The molecule has 2 amide bonds. The Morgan fingerprint density at radius 1 is 1.21 bits per heavy atom. The number of nitrogens with one attached hydrogen (secondary N) is 1. The van der Waals surface area contributed by atoms with Crippen LogP contribution in [-0.4, -0.2) is 35.5 Å². The third kappa shape index (κ3) is 5.25. The molecule has 8 heteroatoms. The molecule has 0 atom stereocenters. The van der Waals surface area contributed by atoms with E-state index in [0.29, 0.717) is 29.4 Å². The maximum Gasteiger partial charge on any atom is 0.254 e. The lowest BCUT2D eigenvalue weighted by atomic mass is 10.2. The molecule has 0 saturated heterocycles. The first kappa shape index (κ1) is 20.2. The molecule has 3 aromatic rings. The van der Waals surface area contributed by atoms with Gasteiger partial charge in [-0.25, -0.2) is 0 Å². The lowest BCUT2D eigenvalue weighted by Crippen LogP contribution is -2.38. The minimum absolute atomic E-state index is 0.0658. The summed E-state index contributed by atoms with van der Waals surface area (Å²) in [5.74, 6) is 1.35. The Labute approximate surface area is 168 Å². The number of aryl methyl sites for hydroxylation is 2. The van der Waals surface area contributed by atoms with Crippen LogP contribution in [0.4, 0.5) is 0 Å². The third-order valence-corrected chi connectivity index (χ3v) is 4.41. The van der Waals surface area contributed by atoms with Gasteiger partial charge >= 0.3 is 0 Å². The Bertz CT molecular complexity index is 959. The van der Waals surface area contributed by atoms with Crippen molar-refractivity contribution in [1.29, 1.82) is 0 Å². The minimum Gasteiger partial charge on any atom is -0.489 e. The lowest BCUT2D eigenvalue weighted by Gasteiger charge is -2.17. The lowest BCUT2D eigenvalue weighted by molar-refractivity contribution is -0.121. The van der Waals surface area contributed by atoms with Crippen LogP contribution in [0.5, 0.6) is 5.75 Å². The van der Waals surface area contributed by atoms with Gasteiger partial charge in [0.25, 0.3) is 5.91 Å². The van der Waals surface area contributed by atoms with Crippen molar-refractivity contribution in [3.8, 4) is 5.75 Å². The highest BCUT2D eigenvalue weighted by atomic mass is 16.5. The number of hydrogen-bond acceptors (Lipinski definition) is 6. The number of furan rings is 1. The molecule has 0 aliphatic carbocycles. The maximum absolute atomic E-state index is 12.7. The largest absolute Gasteiger partial charge is 0.489 e. The van der Waals surface area contributed by atoms with Crippen LogP contribution in [0, 0.1) is 13.8 Å². The number of nitrogens with zero attached hydrogens (tertiary/aromatic N) is 2. The molecule has 8 nitrogen and oxygen atoms in total. The second-order valence-electron chi connectivity index (χ2n) is 6.64. The highest BCUT2D eigenvalue weighted by Crippen LogP contribution is 2.19. The van der Waals surface area contributed by atoms with E-state index in [9.17, 15) is 9.59 Å². The van der Waals surface area contributed by atoms with Gasteiger partial charge in [-0.2, -0.15) is 0 Å². The van der Waals surface area contributed by atoms with Crippen LogP contribution in [0.2, 0.25) is 0 Å². The number of ether oxygens (including phenoxy) is 1. The highest BCUT2D eigenvalue weighted by Gasteiger charge is 2.16. The summed E-state index contributed by atoms with van der Waals surface area (Å²) < 4.78 is 16.1. The first-order valence-electron chi connectivity index (χ1n) is 9.13. The smallest absolute Gasteiger partial charge is 0.254 e. The van der Waals surface area contributed by atoms with Crippen molar-refractivity contribution in [2.75, 3.05) is 13.6 Å². The van der Waals surface area contributed by atoms with Crippen LogP contribution in [0.1, 0.15) is 33.1 Å². The van der Waals surface area contributed by atoms with Crippen molar-refractivity contribution in [3.05, 3.63) is 71.0 Å². The third-order valence-electron chi connectivity index (χ3n) is 4.41. The number of benzene rings is 1. The minimum atomic E-state index is -0.277. The average molecular weight is 397 g/mol. The SMILES string of the molecule is Cc1noc(C)c1COc1cccc(C(=O)N(C)CC(=O)NCc2ccco2)c1. The first-order valence-corrected chi connectivity index (χ1v) is 9.13. The molecular weight excluding hydrogens is 374 g/mol. The molecule has 1 N–H and O–H groups in total. The number of amides is 2. The van der Waals surface area contributed by atoms with Gasteiger partial charge < -0.3 is 23.9 Å². The average Bonchev–Trinajstić information content (AvgIpc) is 3.34. The van der Waals surface area contributed by atoms with Crippen molar-refractivity contribution < 1.29 is 23.3 Å². The highest BCUT2D eigenvalue weighted by molar-refractivity contribution is 5.96. The van der Waals surface area contributed by atoms with Crippen LogP contribution >= 0.6 is 0 Å². The Balaban J connectivity index is 1.55. The number of hydrogen-bond donors (Lipinski definition) is 1. The van der Waals surface area contributed by atoms with Crippen molar-refractivity contribution in [3.63, 3.8) is 0 Å². The molecule has 2 aromatic heterocycles. The summed E-state index contributed by atoms with van der Waals surface area (Å²) in [6.07, 6.45) is 1.54. The van der Waals surface area contributed by atoms with Gasteiger partial charge in [-0.15, -0.1) is 0 Å². The van der Waals surface area contributed by atoms with Crippen LogP contribution in [0.15, 0.2) is 51.6 Å². The van der Waals surface area contributed by atoms with Crippen molar-refractivity contribution >= 4 is 11.8 Å². The summed E-state index contributed by atoms with van der Waals surface area (Å²) >= 11 is 0. The topological polar surface area (TPSA) is 97.8 Å². The molecule has 0 aliphatic rings. The van der Waals surface area contributed by atoms with Gasteiger partial charge in [0.1, 0.15) is 23.9 Å². The molecule has 0 spiro atoms. The maximum atomic E-state index is 12.7. The normalized spacial score (nSPS) is 10.6. The number of carbonyl (C=O) groups excluding carboxylic acids is 2. The standard InChI is InChI=1S/C21H23N3O5/c1-14-19(15(2)29-23-14)13-28-17-7-4-6-16(10-17)21(26)24(3)12-20(25)22-11-18-8-5-9-27-18/h4-10H,11-13H2,1-3H3,(H,22,25). The summed E-state index contributed by atoms with van der Waals surface area (Å²) in [5, 5.41) is 6.61. The summed E-state index contributed by atoms with van der Waals surface area (Å²) in [6.45, 7) is 4.18. The summed E-state index contributed by atoms with van der Waals surface area (Å²) in [7, 11) is 1.58. The molecule has 0 saturated carbocycles. The van der Waals surface area contributed by atoms with Gasteiger partial charge in [0.2, 0.25) is 5.91 Å². The second-order valence-corrected chi connectivity index (χ2v) is 6.64. The molecule has 0 bridgehead atoms. The van der Waals surface area contributed by atoms with Crippen molar-refractivity contribution in [2.24, 2.45) is 0 Å². The second kappa shape index (κ2) is 9.09. The summed E-state index contributed by atoms with van der Waals surface area (Å²) in [6, 6.07) is 10.4. The Hall–Kier alpha value is -3.55. The number of rotatable bonds is 8. The van der Waals surface area contributed by atoms with E-state index >= 15 is 0 Å². The van der Waals surface area contributed by atoms with Gasteiger partial charge in [-0.1, -0.05) is 11.2 Å². The molecule has 0 radical (unpaired) electrons. The van der Waals surface area contributed by atoms with Crippen LogP contribution < -0.4 is 10.1 Å². The van der Waals surface area contributed by atoms with Crippen molar-refractivity contribution in [2.45, 2.75) is 27.0 Å². The van der Waals surface area contributed by atoms with E-state index in [4.69, 9.17) is 13.7 Å². The predicted octanol–water partition coefficient (Wildman–Crippen LogP) is 2.85. The summed E-state index contributed by atoms with van der Waals surface area (Å²) in [5.41, 5.74) is 2.09. The molecule has 3 rings (SSSR count). The van der Waals surface area contributed by atoms with Gasteiger partial charge in [-0.3, -0.25) is 9.59 Å². The van der Waals surface area contributed by atoms with Gasteiger partial charge in [0.15, 0.2) is 0 Å². The molecule has 0 unspecified atom stereocenters. The molecule has 2 heterocycles. The predicted molar refractivity (Wildman–Crippen MR) is 104 cm³/mol. The fourth-order valence-corrected chi connectivity index (χ4v) is 2.74. The quantitative estimate of drug-likeness (QED) is 0.628. The summed E-state index contributed by atoms with van der Waals surface area (Å²) in [4.78, 5) is 26.1.